The van der Waals surface area contributed by atoms with Crippen LogP contribution in [-0.4, -0.2) is 42.5 Å². The number of hydrogen-bond donors (Lipinski definition) is 6. The minimum Gasteiger partial charge on any atom is -0.506 e. The van der Waals surface area contributed by atoms with Crippen molar-refractivity contribution in [1.82, 2.24) is 10.8 Å². The Morgan fingerprint density at radius 2 is 1.62 bits per heavy atom. The van der Waals surface area contributed by atoms with Crippen molar-refractivity contribution in [1.29, 1.82) is 0 Å². The number of aliphatic hydroxyl groups is 1. The predicted molar refractivity (Wildman–Crippen MR) is 128 cm³/mol. The van der Waals surface area contributed by atoms with Crippen LogP contribution < -0.4 is 15.5 Å². The van der Waals surface area contributed by atoms with Crippen LogP contribution in [0.15, 0.2) is 72.8 Å². The fourth-order valence-corrected chi connectivity index (χ4v) is 4.07. The van der Waals surface area contributed by atoms with Gasteiger partial charge in [-0.25, -0.2) is 13.9 Å². The zero-order valence-electron chi connectivity index (χ0n) is 18.5. The summed E-state index contributed by atoms with van der Waals surface area (Å²) in [7, 11) is -3.60. The molecule has 3 rings (SSSR count). The minimum absolute atomic E-state index is 0.0161. The number of amides is 1. The predicted octanol–water partition coefficient (Wildman–Crippen LogP) is 2.49. The number of hydroxylamine groups is 1. The van der Waals surface area contributed by atoms with E-state index in [4.69, 9.17) is 5.21 Å². The summed E-state index contributed by atoms with van der Waals surface area (Å²) in [5.41, 5.74) is 4.25. The highest BCUT2D eigenvalue weighted by Crippen LogP contribution is 2.28. The summed E-state index contributed by atoms with van der Waals surface area (Å²) in [5.74, 6) is -0.858. The normalized spacial score (nSPS) is 13.1. The Morgan fingerprint density at radius 3 is 2.24 bits per heavy atom. The lowest BCUT2D eigenvalue weighted by Crippen LogP contribution is -2.28. The molecule has 1 amide bonds. The summed E-state index contributed by atoms with van der Waals surface area (Å²) < 4.78 is 25.3. The standard InChI is InChI=1S/C24H27N3O6S/c1-34(32,33)27-21-14-19(11-12-22(21)28)23(29)15-25-20(13-16-5-3-2-4-6-16)17-7-9-18(10-8-17)24(30)26-31/h2-12,14,20,23,25,27-29,31H,13,15H2,1H3,(H,26,30). The van der Waals surface area contributed by atoms with Crippen LogP contribution in [0, 0.1) is 0 Å². The molecule has 0 aliphatic heterocycles. The number of sulfonamides is 1. The first-order valence-electron chi connectivity index (χ1n) is 10.5. The maximum absolute atomic E-state index is 11.6. The molecule has 9 nitrogen and oxygen atoms in total. The summed E-state index contributed by atoms with van der Waals surface area (Å²) >= 11 is 0. The highest BCUT2D eigenvalue weighted by Gasteiger charge is 2.17. The number of anilines is 1. The molecule has 0 fully saturated rings. The largest absolute Gasteiger partial charge is 0.506 e. The zero-order chi connectivity index (χ0) is 24.7. The van der Waals surface area contributed by atoms with Gasteiger partial charge in [0.2, 0.25) is 10.0 Å². The molecule has 6 N–H and O–H groups in total. The van der Waals surface area contributed by atoms with Gasteiger partial charge in [-0.2, -0.15) is 0 Å². The third-order valence-corrected chi connectivity index (χ3v) is 5.81. The molecule has 0 aliphatic carbocycles. The fraction of sp³-hybridized carbons (Fsp3) is 0.208. The summed E-state index contributed by atoms with van der Waals surface area (Å²) in [6.45, 7) is 0.138. The molecule has 0 spiro atoms. The van der Waals surface area contributed by atoms with Gasteiger partial charge in [-0.05, 0) is 47.4 Å². The quantitative estimate of drug-likeness (QED) is 0.147. The molecule has 0 saturated carbocycles. The van der Waals surface area contributed by atoms with Gasteiger partial charge in [0.25, 0.3) is 5.91 Å². The molecule has 0 saturated heterocycles. The van der Waals surface area contributed by atoms with Crippen molar-refractivity contribution in [3.63, 3.8) is 0 Å². The number of phenols is 1. The van der Waals surface area contributed by atoms with Gasteiger partial charge in [0.15, 0.2) is 0 Å². The van der Waals surface area contributed by atoms with Crippen molar-refractivity contribution < 1.29 is 28.6 Å². The SMILES string of the molecule is CS(=O)(=O)Nc1cc(C(O)CNC(Cc2ccccc2)c2ccc(C(=O)NO)cc2)ccc1O. The molecule has 3 aromatic carbocycles. The minimum atomic E-state index is -3.60. The Balaban J connectivity index is 1.78. The van der Waals surface area contributed by atoms with E-state index in [-0.39, 0.29) is 24.0 Å². The molecule has 0 bridgehead atoms. The third kappa shape index (κ3) is 7.03. The van der Waals surface area contributed by atoms with Crippen molar-refractivity contribution in [3.05, 3.63) is 95.1 Å². The van der Waals surface area contributed by atoms with Gasteiger partial charge in [-0.1, -0.05) is 48.5 Å². The maximum atomic E-state index is 11.6. The molecule has 2 unspecified atom stereocenters. The summed E-state index contributed by atoms with van der Waals surface area (Å²) in [6, 6.07) is 20.5. The second-order valence-corrected chi connectivity index (χ2v) is 9.63. The lowest BCUT2D eigenvalue weighted by Gasteiger charge is -2.22. The Kier molecular flexibility index (Phi) is 8.24. The van der Waals surface area contributed by atoms with Crippen molar-refractivity contribution in [3.8, 4) is 5.75 Å². The van der Waals surface area contributed by atoms with Crippen LogP contribution in [0.25, 0.3) is 0 Å². The number of rotatable bonds is 10. The monoisotopic (exact) mass is 485 g/mol. The van der Waals surface area contributed by atoms with Crippen molar-refractivity contribution in [2.45, 2.75) is 18.6 Å². The second kappa shape index (κ2) is 11.1. The molecular formula is C24H27N3O6S. The van der Waals surface area contributed by atoms with Gasteiger partial charge in [0.1, 0.15) is 5.75 Å². The lowest BCUT2D eigenvalue weighted by atomic mass is 9.97. The van der Waals surface area contributed by atoms with Gasteiger partial charge < -0.3 is 15.5 Å². The zero-order valence-corrected chi connectivity index (χ0v) is 19.3. The first kappa shape index (κ1) is 25.2. The Bertz CT molecular complexity index is 1220. The van der Waals surface area contributed by atoms with E-state index in [1.54, 1.807) is 29.7 Å². The van der Waals surface area contributed by atoms with Crippen LogP contribution in [-0.2, 0) is 16.4 Å². The number of hydrogen-bond acceptors (Lipinski definition) is 7. The summed E-state index contributed by atoms with van der Waals surface area (Å²) in [6.07, 6.45) is 0.592. The number of carbonyl (C=O) groups excluding carboxylic acids is 1. The van der Waals surface area contributed by atoms with Crippen LogP contribution in [0.2, 0.25) is 0 Å². The molecule has 3 aromatic rings. The van der Waals surface area contributed by atoms with E-state index >= 15 is 0 Å². The second-order valence-electron chi connectivity index (χ2n) is 7.88. The number of nitrogens with one attached hydrogen (secondary N) is 3. The molecule has 34 heavy (non-hydrogen) atoms. The van der Waals surface area contributed by atoms with Gasteiger partial charge >= 0.3 is 0 Å². The Hall–Kier alpha value is -3.44. The van der Waals surface area contributed by atoms with Crippen LogP contribution in [0.4, 0.5) is 5.69 Å². The van der Waals surface area contributed by atoms with Crippen molar-refractivity contribution in [2.75, 3.05) is 17.5 Å². The topological polar surface area (TPSA) is 148 Å². The van der Waals surface area contributed by atoms with Gasteiger partial charge in [0, 0.05) is 18.2 Å². The molecular weight excluding hydrogens is 458 g/mol. The molecule has 0 radical (unpaired) electrons. The van der Waals surface area contributed by atoms with Gasteiger partial charge in [-0.15, -0.1) is 0 Å². The highest BCUT2D eigenvalue weighted by atomic mass is 32.2. The van der Waals surface area contributed by atoms with E-state index in [1.165, 1.54) is 18.2 Å². The van der Waals surface area contributed by atoms with Crippen LogP contribution in [0.3, 0.4) is 0 Å². The van der Waals surface area contributed by atoms with Crippen molar-refractivity contribution >= 4 is 21.6 Å². The van der Waals surface area contributed by atoms with Crippen LogP contribution in [0.1, 0.15) is 39.2 Å². The molecule has 0 heterocycles. The first-order valence-corrected chi connectivity index (χ1v) is 12.4. The number of phenolic OH excluding ortho intramolecular Hbond substituents is 1. The fourth-order valence-electron chi connectivity index (χ4n) is 3.50. The van der Waals surface area contributed by atoms with E-state index < -0.39 is 22.0 Å². The molecule has 0 aliphatic rings. The Labute approximate surface area is 198 Å². The van der Waals surface area contributed by atoms with Crippen molar-refractivity contribution in [2.24, 2.45) is 0 Å². The third-order valence-electron chi connectivity index (χ3n) is 5.22. The Morgan fingerprint density at radius 1 is 0.971 bits per heavy atom. The summed E-state index contributed by atoms with van der Waals surface area (Å²) in [4.78, 5) is 11.6. The molecule has 0 aromatic heterocycles. The number of carbonyl (C=O) groups is 1. The van der Waals surface area contributed by atoms with Crippen LogP contribution >= 0.6 is 0 Å². The van der Waals surface area contributed by atoms with Gasteiger partial charge in [0.05, 0.1) is 18.0 Å². The molecule has 2 atom stereocenters. The lowest BCUT2D eigenvalue weighted by molar-refractivity contribution is 0.0706. The van der Waals surface area contributed by atoms with Crippen LogP contribution in [0.5, 0.6) is 5.75 Å². The van der Waals surface area contributed by atoms with E-state index in [0.29, 0.717) is 17.5 Å². The number of aromatic hydroxyl groups is 1. The number of benzene rings is 3. The van der Waals surface area contributed by atoms with Gasteiger partial charge in [-0.3, -0.25) is 14.7 Å². The molecule has 10 heteroatoms. The number of aliphatic hydroxyl groups excluding tert-OH is 1. The molecule has 180 valence electrons. The van der Waals surface area contributed by atoms with E-state index in [2.05, 4.69) is 10.0 Å². The first-order chi connectivity index (χ1) is 16.2. The van der Waals surface area contributed by atoms with E-state index in [9.17, 15) is 23.4 Å². The average Bonchev–Trinajstić information content (AvgIpc) is 2.82. The smallest absolute Gasteiger partial charge is 0.274 e. The van der Waals surface area contributed by atoms with E-state index in [1.807, 2.05) is 30.3 Å². The highest BCUT2D eigenvalue weighted by molar-refractivity contribution is 7.92. The van der Waals surface area contributed by atoms with E-state index in [0.717, 1.165) is 17.4 Å². The summed E-state index contributed by atoms with van der Waals surface area (Å²) in [5, 5.41) is 32.8. The average molecular weight is 486 g/mol. The maximum Gasteiger partial charge on any atom is 0.274 e.